The molecule has 0 unspecified atom stereocenters. The molecule has 0 bridgehead atoms. The van der Waals surface area contributed by atoms with Crippen molar-refractivity contribution in [2.75, 3.05) is 57.5 Å². The lowest BCUT2D eigenvalue weighted by Gasteiger charge is -2.33. The minimum atomic E-state index is -4.52. The van der Waals surface area contributed by atoms with E-state index in [1.807, 2.05) is 36.2 Å². The number of aromatic nitrogens is 1. The number of hydrogen-bond acceptors (Lipinski definition) is 6. The number of anilines is 2. The van der Waals surface area contributed by atoms with Gasteiger partial charge in [0.1, 0.15) is 11.6 Å². The van der Waals surface area contributed by atoms with E-state index in [9.17, 15) is 18.0 Å². The van der Waals surface area contributed by atoms with Crippen molar-refractivity contribution in [3.8, 4) is 16.9 Å². The molecule has 0 atom stereocenters. The van der Waals surface area contributed by atoms with Gasteiger partial charge in [0.05, 0.1) is 5.56 Å². The van der Waals surface area contributed by atoms with E-state index >= 15 is 0 Å². The van der Waals surface area contributed by atoms with E-state index in [4.69, 9.17) is 4.74 Å². The fourth-order valence-corrected chi connectivity index (χ4v) is 4.10. The van der Waals surface area contributed by atoms with Crippen LogP contribution in [0.2, 0.25) is 0 Å². The highest BCUT2D eigenvalue weighted by Crippen LogP contribution is 2.34. The highest BCUT2D eigenvalue weighted by molar-refractivity contribution is 5.92. The molecule has 1 aliphatic heterocycles. The Morgan fingerprint density at radius 3 is 2.32 bits per heavy atom. The number of carbonyl (C=O) groups excluding carboxylic acids is 1. The molecule has 1 fully saturated rings. The molecule has 1 aromatic heterocycles. The van der Waals surface area contributed by atoms with Crippen LogP contribution in [0.1, 0.15) is 11.1 Å². The van der Waals surface area contributed by atoms with E-state index in [-0.39, 0.29) is 24.4 Å². The fraction of sp³-hybridized carbons (Fsp3) is 0.333. The Morgan fingerprint density at radius 1 is 1.00 bits per heavy atom. The topological polar surface area (TPSA) is 69.7 Å². The summed E-state index contributed by atoms with van der Waals surface area (Å²) in [5.74, 6) is 0.690. The molecular weight excluding hydrogens is 483 g/mol. The van der Waals surface area contributed by atoms with Gasteiger partial charge in [0.2, 0.25) is 0 Å². The maximum absolute atomic E-state index is 13.8. The molecule has 196 valence electrons. The standard InChI is InChI=1S/C27H30F3N5O2/c1-31-25-10-6-20(16-32-25)19-4-8-23(9-5-19)37-18-26(36)33-22-7-3-21(24(15-22)27(28,29)30)17-35-13-11-34(2)12-14-35/h3-10,15-16H,11-14,17-18H2,1-2H3,(H,31,32)(H,33,36). The molecule has 2 aromatic carbocycles. The van der Waals surface area contributed by atoms with E-state index in [0.29, 0.717) is 18.8 Å². The first-order valence-corrected chi connectivity index (χ1v) is 12.0. The van der Waals surface area contributed by atoms with Crippen LogP contribution in [-0.4, -0.2) is 67.6 Å². The molecule has 1 amide bonds. The van der Waals surface area contributed by atoms with E-state index < -0.39 is 17.6 Å². The Balaban J connectivity index is 1.35. The Bertz CT molecular complexity index is 1190. The first kappa shape index (κ1) is 26.4. The summed E-state index contributed by atoms with van der Waals surface area (Å²) in [6.45, 7) is 2.94. The number of hydrogen-bond donors (Lipinski definition) is 2. The highest BCUT2D eigenvalue weighted by atomic mass is 19.4. The summed E-state index contributed by atoms with van der Waals surface area (Å²) in [6, 6.07) is 14.9. The second kappa shape index (κ2) is 11.6. The van der Waals surface area contributed by atoms with E-state index in [1.165, 1.54) is 12.1 Å². The average Bonchev–Trinajstić information content (AvgIpc) is 2.89. The molecule has 0 radical (unpaired) electrons. The van der Waals surface area contributed by atoms with E-state index in [2.05, 4.69) is 20.5 Å². The van der Waals surface area contributed by atoms with Gasteiger partial charge in [0, 0.05) is 57.2 Å². The monoisotopic (exact) mass is 513 g/mol. The maximum atomic E-state index is 13.8. The smallest absolute Gasteiger partial charge is 0.416 e. The van der Waals surface area contributed by atoms with Gasteiger partial charge in [0.15, 0.2) is 6.61 Å². The lowest BCUT2D eigenvalue weighted by Crippen LogP contribution is -2.44. The number of rotatable bonds is 8. The SMILES string of the molecule is CNc1ccc(-c2ccc(OCC(=O)Nc3ccc(CN4CCN(C)CC4)c(C(F)(F)F)c3)cc2)cn1. The summed E-state index contributed by atoms with van der Waals surface area (Å²) >= 11 is 0. The normalized spacial score (nSPS) is 14.8. The Hall–Kier alpha value is -3.63. The van der Waals surface area contributed by atoms with Gasteiger partial charge in [-0.1, -0.05) is 18.2 Å². The molecule has 4 rings (SSSR count). The molecule has 7 nitrogen and oxygen atoms in total. The number of halogens is 3. The number of benzene rings is 2. The summed E-state index contributed by atoms with van der Waals surface area (Å²) < 4.78 is 46.8. The second-order valence-electron chi connectivity index (χ2n) is 8.99. The molecule has 0 spiro atoms. The number of nitrogens with one attached hydrogen (secondary N) is 2. The second-order valence-corrected chi connectivity index (χ2v) is 8.99. The number of pyridine rings is 1. The number of likely N-dealkylation sites (N-methyl/N-ethyl adjacent to an activating group) is 1. The number of carbonyl (C=O) groups is 1. The zero-order valence-corrected chi connectivity index (χ0v) is 20.8. The number of piperazine rings is 1. The molecule has 2 heterocycles. The van der Waals surface area contributed by atoms with Gasteiger partial charge in [-0.2, -0.15) is 13.2 Å². The van der Waals surface area contributed by atoms with Crippen molar-refractivity contribution in [3.63, 3.8) is 0 Å². The third kappa shape index (κ3) is 7.21. The third-order valence-corrected chi connectivity index (χ3v) is 6.27. The van der Waals surface area contributed by atoms with Crippen LogP contribution in [0.3, 0.4) is 0 Å². The molecule has 10 heteroatoms. The largest absolute Gasteiger partial charge is 0.484 e. The van der Waals surface area contributed by atoms with Crippen LogP contribution < -0.4 is 15.4 Å². The summed E-state index contributed by atoms with van der Waals surface area (Å²) in [7, 11) is 3.79. The quantitative estimate of drug-likeness (QED) is 0.460. The predicted octanol–water partition coefficient (Wildman–Crippen LogP) is 4.57. The number of ether oxygens (including phenoxy) is 1. The van der Waals surface area contributed by atoms with Crippen molar-refractivity contribution in [2.45, 2.75) is 12.7 Å². The molecule has 0 aliphatic carbocycles. The summed E-state index contributed by atoms with van der Waals surface area (Å²) in [5.41, 5.74) is 1.40. The number of amides is 1. The number of alkyl halides is 3. The summed E-state index contributed by atoms with van der Waals surface area (Å²) in [5, 5.41) is 5.47. The van der Waals surface area contributed by atoms with Crippen molar-refractivity contribution in [2.24, 2.45) is 0 Å². The molecule has 37 heavy (non-hydrogen) atoms. The summed E-state index contributed by atoms with van der Waals surface area (Å²) in [4.78, 5) is 20.8. The maximum Gasteiger partial charge on any atom is 0.416 e. The van der Waals surface area contributed by atoms with Crippen molar-refractivity contribution in [1.29, 1.82) is 0 Å². The Kier molecular flexibility index (Phi) is 8.30. The first-order chi connectivity index (χ1) is 17.7. The van der Waals surface area contributed by atoms with Crippen molar-refractivity contribution >= 4 is 17.4 Å². The van der Waals surface area contributed by atoms with Crippen LogP contribution >= 0.6 is 0 Å². The van der Waals surface area contributed by atoms with Gasteiger partial charge in [0.25, 0.3) is 5.91 Å². The van der Waals surface area contributed by atoms with E-state index in [0.717, 1.165) is 36.1 Å². The minimum absolute atomic E-state index is 0.0796. The van der Waals surface area contributed by atoms with Crippen LogP contribution in [0.25, 0.3) is 11.1 Å². The zero-order chi connectivity index (χ0) is 26.4. The van der Waals surface area contributed by atoms with Crippen LogP contribution in [0.5, 0.6) is 5.75 Å². The minimum Gasteiger partial charge on any atom is -0.484 e. The van der Waals surface area contributed by atoms with Crippen LogP contribution in [-0.2, 0) is 17.5 Å². The lowest BCUT2D eigenvalue weighted by atomic mass is 10.0. The number of nitrogens with zero attached hydrogens (tertiary/aromatic N) is 3. The van der Waals surface area contributed by atoms with Crippen LogP contribution in [0.4, 0.5) is 24.7 Å². The van der Waals surface area contributed by atoms with Crippen LogP contribution in [0.15, 0.2) is 60.8 Å². The molecule has 1 saturated heterocycles. The third-order valence-electron chi connectivity index (χ3n) is 6.27. The molecule has 3 aromatic rings. The highest BCUT2D eigenvalue weighted by Gasteiger charge is 2.34. The lowest BCUT2D eigenvalue weighted by molar-refractivity contribution is -0.138. The van der Waals surface area contributed by atoms with Gasteiger partial charge in [-0.3, -0.25) is 9.69 Å². The van der Waals surface area contributed by atoms with Crippen molar-refractivity contribution < 1.29 is 22.7 Å². The van der Waals surface area contributed by atoms with Gasteiger partial charge in [-0.05, 0) is 54.6 Å². The average molecular weight is 514 g/mol. The van der Waals surface area contributed by atoms with Gasteiger partial charge in [-0.25, -0.2) is 4.98 Å². The van der Waals surface area contributed by atoms with E-state index in [1.54, 1.807) is 25.4 Å². The van der Waals surface area contributed by atoms with Gasteiger partial charge >= 0.3 is 6.18 Å². The molecule has 1 aliphatic rings. The zero-order valence-electron chi connectivity index (χ0n) is 20.8. The predicted molar refractivity (Wildman–Crippen MR) is 138 cm³/mol. The van der Waals surface area contributed by atoms with Gasteiger partial charge in [-0.15, -0.1) is 0 Å². The van der Waals surface area contributed by atoms with Crippen LogP contribution in [0, 0.1) is 0 Å². The first-order valence-electron chi connectivity index (χ1n) is 12.0. The Morgan fingerprint density at radius 2 is 1.70 bits per heavy atom. The Labute approximate surface area is 214 Å². The van der Waals surface area contributed by atoms with Crippen molar-refractivity contribution in [1.82, 2.24) is 14.8 Å². The van der Waals surface area contributed by atoms with Gasteiger partial charge < -0.3 is 20.3 Å². The molecular formula is C27H30F3N5O2. The molecule has 0 saturated carbocycles. The summed E-state index contributed by atoms with van der Waals surface area (Å²) in [6.07, 6.45) is -2.77. The molecule has 2 N–H and O–H groups in total. The fourth-order valence-electron chi connectivity index (χ4n) is 4.10. The van der Waals surface area contributed by atoms with Crippen molar-refractivity contribution in [3.05, 3.63) is 71.9 Å².